The Hall–Kier alpha value is -1.75. The Morgan fingerprint density at radius 1 is 1.47 bits per heavy atom. The molecular weight excluding hydrogens is 240 g/mol. The maximum atomic E-state index is 11.1. The molecule has 0 bridgehead atoms. The highest BCUT2D eigenvalue weighted by molar-refractivity contribution is 6.32. The van der Waals surface area contributed by atoms with Crippen molar-refractivity contribution in [3.05, 3.63) is 28.9 Å². The molecule has 0 unspecified atom stereocenters. The highest BCUT2D eigenvalue weighted by atomic mass is 35.5. The van der Waals surface area contributed by atoms with Gasteiger partial charge in [-0.05, 0) is 13.8 Å². The summed E-state index contributed by atoms with van der Waals surface area (Å²) in [6.45, 7) is 4.46. The van der Waals surface area contributed by atoms with E-state index in [1.807, 2.05) is 17.7 Å². The van der Waals surface area contributed by atoms with Gasteiger partial charge in [0.25, 0.3) is 0 Å². The van der Waals surface area contributed by atoms with Crippen molar-refractivity contribution in [2.45, 2.75) is 20.4 Å². The lowest BCUT2D eigenvalue weighted by atomic mass is 10.2. The monoisotopic (exact) mass is 250 g/mol. The summed E-state index contributed by atoms with van der Waals surface area (Å²) in [6.07, 6.45) is 4.15. The predicted octanol–water partition coefficient (Wildman–Crippen LogP) is 2.13. The summed E-state index contributed by atoms with van der Waals surface area (Å²) < 4.78 is 1.89. The fourth-order valence-corrected chi connectivity index (χ4v) is 1.86. The normalized spacial score (nSPS) is 10.5. The van der Waals surface area contributed by atoms with Gasteiger partial charge in [0.15, 0.2) is 12.1 Å². The van der Waals surface area contributed by atoms with Crippen LogP contribution < -0.4 is 0 Å². The van der Waals surface area contributed by atoms with Gasteiger partial charge in [-0.25, -0.2) is 15.0 Å². The molecule has 0 saturated heterocycles. The number of carbonyl (C=O) groups excluding carboxylic acids is 1. The second-order valence-electron chi connectivity index (χ2n) is 3.48. The van der Waals surface area contributed by atoms with Gasteiger partial charge in [0.2, 0.25) is 0 Å². The Morgan fingerprint density at radius 3 is 2.88 bits per heavy atom. The number of halogens is 1. The molecule has 88 valence electrons. The Bertz CT molecular complexity index is 565. The van der Waals surface area contributed by atoms with E-state index < -0.39 is 0 Å². The minimum atomic E-state index is 0.160. The minimum absolute atomic E-state index is 0.160. The van der Waals surface area contributed by atoms with E-state index in [0.717, 1.165) is 6.54 Å². The fraction of sp³-hybridized carbons (Fsp3) is 0.273. The van der Waals surface area contributed by atoms with Crippen LogP contribution in [0, 0.1) is 6.92 Å². The first-order valence-electron chi connectivity index (χ1n) is 5.18. The van der Waals surface area contributed by atoms with Gasteiger partial charge in [-0.1, -0.05) is 11.6 Å². The summed E-state index contributed by atoms with van der Waals surface area (Å²) in [5, 5.41) is 0.160. The molecule has 2 rings (SSSR count). The van der Waals surface area contributed by atoms with E-state index in [1.54, 1.807) is 13.1 Å². The molecule has 2 aromatic rings. The summed E-state index contributed by atoms with van der Waals surface area (Å²) in [6, 6.07) is 0. The predicted molar refractivity (Wildman–Crippen MR) is 64.1 cm³/mol. The topological polar surface area (TPSA) is 60.7 Å². The molecule has 0 fully saturated rings. The molecule has 5 nitrogen and oxygen atoms in total. The molecule has 0 saturated carbocycles. The van der Waals surface area contributed by atoms with E-state index >= 15 is 0 Å². The Kier molecular flexibility index (Phi) is 3.19. The Balaban J connectivity index is 2.70. The van der Waals surface area contributed by atoms with Crippen molar-refractivity contribution in [1.82, 2.24) is 19.5 Å². The molecule has 0 N–H and O–H groups in total. The van der Waals surface area contributed by atoms with Crippen molar-refractivity contribution in [3.63, 3.8) is 0 Å². The van der Waals surface area contributed by atoms with Crippen LogP contribution in [0.2, 0.25) is 5.15 Å². The van der Waals surface area contributed by atoms with Gasteiger partial charge in [0.1, 0.15) is 16.7 Å². The molecule has 0 aliphatic rings. The van der Waals surface area contributed by atoms with Crippen LogP contribution >= 0.6 is 11.6 Å². The molecular formula is C11H11ClN4O. The average Bonchev–Trinajstić information content (AvgIpc) is 2.75. The van der Waals surface area contributed by atoms with Gasteiger partial charge in [-0.3, -0.25) is 4.79 Å². The molecule has 2 aromatic heterocycles. The van der Waals surface area contributed by atoms with Gasteiger partial charge >= 0.3 is 0 Å². The zero-order valence-corrected chi connectivity index (χ0v) is 10.3. The molecule has 6 heteroatoms. The lowest BCUT2D eigenvalue weighted by Gasteiger charge is -2.07. The average molecular weight is 251 g/mol. The quantitative estimate of drug-likeness (QED) is 0.619. The third kappa shape index (κ3) is 2.06. The first-order chi connectivity index (χ1) is 8.17. The fourth-order valence-electron chi connectivity index (χ4n) is 1.60. The van der Waals surface area contributed by atoms with E-state index in [9.17, 15) is 4.79 Å². The number of hydrogen-bond donors (Lipinski definition) is 0. The molecule has 0 atom stereocenters. The minimum Gasteiger partial charge on any atom is -0.330 e. The maximum Gasteiger partial charge on any atom is 0.159 e. The first kappa shape index (κ1) is 11.7. The zero-order chi connectivity index (χ0) is 12.4. The molecule has 2 heterocycles. The lowest BCUT2D eigenvalue weighted by Crippen LogP contribution is -2.04. The van der Waals surface area contributed by atoms with Crippen molar-refractivity contribution in [2.75, 3.05) is 0 Å². The first-order valence-corrected chi connectivity index (χ1v) is 5.56. The number of aromatic nitrogens is 4. The SMILES string of the molecule is CCn1ccnc1-c1nc(C)nc(Cl)c1C=O. The van der Waals surface area contributed by atoms with Gasteiger partial charge < -0.3 is 4.57 Å². The third-order valence-corrected chi connectivity index (χ3v) is 2.68. The van der Waals surface area contributed by atoms with E-state index in [1.165, 1.54) is 0 Å². The molecule has 0 aliphatic carbocycles. The molecule has 0 amide bonds. The van der Waals surface area contributed by atoms with Gasteiger partial charge in [0, 0.05) is 18.9 Å². The maximum absolute atomic E-state index is 11.1. The van der Waals surface area contributed by atoms with Crippen molar-refractivity contribution in [3.8, 4) is 11.5 Å². The van der Waals surface area contributed by atoms with Crippen LogP contribution in [0.4, 0.5) is 0 Å². The number of nitrogens with zero attached hydrogens (tertiary/aromatic N) is 4. The van der Waals surface area contributed by atoms with Crippen LogP contribution in [-0.4, -0.2) is 25.8 Å². The smallest absolute Gasteiger partial charge is 0.159 e. The van der Waals surface area contributed by atoms with Crippen molar-refractivity contribution in [2.24, 2.45) is 0 Å². The van der Waals surface area contributed by atoms with Crippen molar-refractivity contribution < 1.29 is 4.79 Å². The number of rotatable bonds is 3. The second kappa shape index (κ2) is 4.63. The van der Waals surface area contributed by atoms with Crippen LogP contribution in [-0.2, 0) is 6.54 Å². The number of aldehydes is 1. The molecule has 0 spiro atoms. The van der Waals surface area contributed by atoms with Crippen molar-refractivity contribution in [1.29, 1.82) is 0 Å². The molecule has 17 heavy (non-hydrogen) atoms. The summed E-state index contributed by atoms with van der Waals surface area (Å²) in [7, 11) is 0. The Morgan fingerprint density at radius 2 is 2.24 bits per heavy atom. The van der Waals surface area contributed by atoms with E-state index in [2.05, 4.69) is 15.0 Å². The van der Waals surface area contributed by atoms with Gasteiger partial charge in [0.05, 0.1) is 5.56 Å². The number of aryl methyl sites for hydroxylation is 2. The lowest BCUT2D eigenvalue weighted by molar-refractivity contribution is 0.112. The van der Waals surface area contributed by atoms with Crippen LogP contribution in [0.5, 0.6) is 0 Å². The van der Waals surface area contributed by atoms with Crippen LogP contribution in [0.3, 0.4) is 0 Å². The molecule has 0 aliphatic heterocycles. The highest BCUT2D eigenvalue weighted by Crippen LogP contribution is 2.23. The highest BCUT2D eigenvalue weighted by Gasteiger charge is 2.16. The molecule has 0 radical (unpaired) electrons. The summed E-state index contributed by atoms with van der Waals surface area (Å²) >= 11 is 5.93. The second-order valence-corrected chi connectivity index (χ2v) is 3.84. The number of imidazole rings is 1. The third-order valence-electron chi connectivity index (χ3n) is 2.40. The molecule has 0 aromatic carbocycles. The van der Waals surface area contributed by atoms with Gasteiger partial charge in [-0.2, -0.15) is 0 Å². The van der Waals surface area contributed by atoms with Crippen LogP contribution in [0.15, 0.2) is 12.4 Å². The van der Waals surface area contributed by atoms with Crippen LogP contribution in [0.1, 0.15) is 23.1 Å². The standard InChI is InChI=1S/C11H11ClN4O/c1-3-16-5-4-13-11(16)9-8(6-17)10(12)15-7(2)14-9/h4-6H,3H2,1-2H3. The summed E-state index contributed by atoms with van der Waals surface area (Å²) in [4.78, 5) is 23.5. The zero-order valence-electron chi connectivity index (χ0n) is 9.51. The summed E-state index contributed by atoms with van der Waals surface area (Å²) in [5.74, 6) is 1.14. The van der Waals surface area contributed by atoms with E-state index in [0.29, 0.717) is 23.6 Å². The summed E-state index contributed by atoms with van der Waals surface area (Å²) in [5.41, 5.74) is 0.752. The Labute approximate surface area is 103 Å². The van der Waals surface area contributed by atoms with Crippen LogP contribution in [0.25, 0.3) is 11.5 Å². The number of hydrogen-bond acceptors (Lipinski definition) is 4. The van der Waals surface area contributed by atoms with E-state index in [-0.39, 0.29) is 10.7 Å². The van der Waals surface area contributed by atoms with Gasteiger partial charge in [-0.15, -0.1) is 0 Å². The largest absolute Gasteiger partial charge is 0.330 e. The van der Waals surface area contributed by atoms with E-state index in [4.69, 9.17) is 11.6 Å². The number of carbonyl (C=O) groups is 1. The van der Waals surface area contributed by atoms with Crippen molar-refractivity contribution >= 4 is 17.9 Å².